The minimum Gasteiger partial charge on any atom is -0.382 e. The maximum atomic E-state index is 12.3. The van der Waals surface area contributed by atoms with Crippen LogP contribution < -0.4 is 10.6 Å². The molecular weight excluding hydrogens is 286 g/mol. The smallest absolute Gasteiger partial charge is 0.185 e. The second-order valence-corrected chi connectivity index (χ2v) is 7.41. The fourth-order valence-corrected chi connectivity index (χ4v) is 5.05. The summed E-state index contributed by atoms with van der Waals surface area (Å²) in [4.78, 5) is 2.21. The summed E-state index contributed by atoms with van der Waals surface area (Å²) in [6.45, 7) is 3.30. The Balaban J connectivity index is 2.33. The van der Waals surface area contributed by atoms with Gasteiger partial charge in [-0.1, -0.05) is 6.92 Å². The van der Waals surface area contributed by atoms with E-state index in [0.29, 0.717) is 18.0 Å². The molecule has 1 saturated heterocycles. The molecule has 2 N–H and O–H groups in total. The number of ether oxygens (including phenoxy) is 1. The van der Waals surface area contributed by atoms with Crippen LogP contribution in [0.1, 0.15) is 19.8 Å². The van der Waals surface area contributed by atoms with Crippen molar-refractivity contribution in [3.8, 4) is 0 Å². The molecule has 1 aromatic rings. The summed E-state index contributed by atoms with van der Waals surface area (Å²) in [5.41, 5.74) is 5.75. The summed E-state index contributed by atoms with van der Waals surface area (Å²) in [5, 5.41) is 0.658. The quantitative estimate of drug-likeness (QED) is 0.878. The Labute approximate surface area is 117 Å². The first-order valence-electron chi connectivity index (χ1n) is 6.25. The molecule has 0 amide bonds. The Hall–Kier alpha value is -0.860. The molecule has 2 rings (SSSR count). The summed E-state index contributed by atoms with van der Waals surface area (Å²) in [6.07, 6.45) is 1.60. The van der Waals surface area contributed by atoms with E-state index < -0.39 is 9.84 Å². The molecule has 8 heteroatoms. The van der Waals surface area contributed by atoms with E-state index in [1.165, 1.54) is 0 Å². The van der Waals surface area contributed by atoms with Crippen LogP contribution in [0, 0.1) is 0 Å². The van der Waals surface area contributed by atoms with Gasteiger partial charge in [-0.2, -0.15) is 4.37 Å². The summed E-state index contributed by atoms with van der Waals surface area (Å²) < 4.78 is 33.9. The van der Waals surface area contributed by atoms with Crippen molar-refractivity contribution in [3.05, 3.63) is 0 Å². The number of hydrogen-bond donors (Lipinski definition) is 1. The summed E-state index contributed by atoms with van der Waals surface area (Å²) in [7, 11) is -1.68. The van der Waals surface area contributed by atoms with Gasteiger partial charge in [0.25, 0.3) is 0 Å². The Morgan fingerprint density at radius 1 is 1.58 bits per heavy atom. The number of aromatic nitrogens is 1. The SMILES string of the molecule is CCCS(=O)(=O)c1c(N)nsc1N1CCC(OC)C1. The molecule has 1 fully saturated rings. The first-order valence-corrected chi connectivity index (χ1v) is 8.67. The van der Waals surface area contributed by atoms with Gasteiger partial charge in [-0.15, -0.1) is 0 Å². The van der Waals surface area contributed by atoms with Crippen molar-refractivity contribution in [1.29, 1.82) is 0 Å². The zero-order valence-corrected chi connectivity index (χ0v) is 12.8. The zero-order valence-electron chi connectivity index (χ0n) is 11.1. The Morgan fingerprint density at radius 2 is 2.32 bits per heavy atom. The van der Waals surface area contributed by atoms with Crippen LogP contribution in [0.4, 0.5) is 10.8 Å². The van der Waals surface area contributed by atoms with Gasteiger partial charge in [-0.3, -0.25) is 0 Å². The predicted octanol–water partition coefficient (Wildman–Crippen LogP) is 1.13. The van der Waals surface area contributed by atoms with Gasteiger partial charge in [-0.25, -0.2) is 8.42 Å². The van der Waals surface area contributed by atoms with E-state index in [2.05, 4.69) is 4.37 Å². The third-order valence-corrected chi connectivity index (χ3v) is 6.23. The normalized spacial score (nSPS) is 20.1. The number of methoxy groups -OCH3 is 1. The number of nitrogens with zero attached hydrogens (tertiary/aromatic N) is 2. The van der Waals surface area contributed by atoms with Crippen LogP contribution in [-0.4, -0.2) is 44.8 Å². The maximum Gasteiger partial charge on any atom is 0.185 e. The Bertz CT molecular complexity index is 541. The molecule has 1 atom stereocenters. The van der Waals surface area contributed by atoms with E-state index in [1.807, 2.05) is 11.8 Å². The first kappa shape index (κ1) is 14.5. The van der Waals surface area contributed by atoms with Gasteiger partial charge in [0, 0.05) is 20.2 Å². The minimum absolute atomic E-state index is 0.101. The van der Waals surface area contributed by atoms with E-state index in [9.17, 15) is 8.42 Å². The molecule has 1 unspecified atom stereocenters. The van der Waals surface area contributed by atoms with Gasteiger partial charge in [0.1, 0.15) is 9.90 Å². The standard InChI is InChI=1S/C11H19N3O3S2/c1-3-6-19(15,16)9-10(12)13-18-11(9)14-5-4-8(7-14)17-2/h8H,3-7H2,1-2H3,(H2,12,13). The van der Waals surface area contributed by atoms with Crippen molar-refractivity contribution >= 4 is 32.2 Å². The number of nitrogen functional groups attached to an aromatic ring is 1. The van der Waals surface area contributed by atoms with Crippen LogP contribution >= 0.6 is 11.5 Å². The molecule has 0 aliphatic carbocycles. The molecule has 0 saturated carbocycles. The number of hydrogen-bond acceptors (Lipinski definition) is 7. The van der Waals surface area contributed by atoms with E-state index in [0.717, 1.165) is 24.5 Å². The molecule has 1 aliphatic rings. The van der Waals surface area contributed by atoms with Gasteiger partial charge < -0.3 is 15.4 Å². The highest BCUT2D eigenvalue weighted by Crippen LogP contribution is 2.37. The lowest BCUT2D eigenvalue weighted by molar-refractivity contribution is 0.121. The van der Waals surface area contributed by atoms with Crippen molar-refractivity contribution < 1.29 is 13.2 Å². The van der Waals surface area contributed by atoms with Crippen molar-refractivity contribution in [1.82, 2.24) is 4.37 Å². The second-order valence-electron chi connectivity index (χ2n) is 4.61. The molecule has 0 bridgehead atoms. The Kier molecular flexibility index (Phi) is 4.32. The predicted molar refractivity (Wildman–Crippen MR) is 76.5 cm³/mol. The van der Waals surface area contributed by atoms with Crippen LogP contribution in [0.2, 0.25) is 0 Å². The molecule has 2 heterocycles. The van der Waals surface area contributed by atoms with Gasteiger partial charge in [0.05, 0.1) is 11.9 Å². The molecule has 0 aromatic carbocycles. The van der Waals surface area contributed by atoms with Gasteiger partial charge >= 0.3 is 0 Å². The highest BCUT2D eigenvalue weighted by molar-refractivity contribution is 7.91. The number of anilines is 2. The minimum atomic E-state index is -3.35. The van der Waals surface area contributed by atoms with Crippen LogP contribution in [0.3, 0.4) is 0 Å². The van der Waals surface area contributed by atoms with E-state index in [1.54, 1.807) is 7.11 Å². The average molecular weight is 305 g/mol. The summed E-state index contributed by atoms with van der Waals surface area (Å²) in [6, 6.07) is 0. The van der Waals surface area contributed by atoms with Gasteiger partial charge in [0.15, 0.2) is 15.7 Å². The second kappa shape index (κ2) is 5.64. The van der Waals surface area contributed by atoms with Gasteiger partial charge in [-0.05, 0) is 24.4 Å². The molecule has 0 radical (unpaired) electrons. The van der Waals surface area contributed by atoms with Crippen LogP contribution in [-0.2, 0) is 14.6 Å². The average Bonchev–Trinajstić information content (AvgIpc) is 2.94. The summed E-state index contributed by atoms with van der Waals surface area (Å²) in [5.74, 6) is 0.221. The third-order valence-electron chi connectivity index (χ3n) is 3.21. The van der Waals surface area contributed by atoms with Crippen molar-refractivity contribution in [2.24, 2.45) is 0 Å². The largest absolute Gasteiger partial charge is 0.382 e. The van der Waals surface area contributed by atoms with Crippen LogP contribution in [0.25, 0.3) is 0 Å². The molecule has 108 valence electrons. The lowest BCUT2D eigenvalue weighted by Crippen LogP contribution is -2.23. The number of sulfone groups is 1. The van der Waals surface area contributed by atoms with E-state index >= 15 is 0 Å². The topological polar surface area (TPSA) is 85.5 Å². The van der Waals surface area contributed by atoms with Crippen molar-refractivity contribution in [2.45, 2.75) is 30.8 Å². The fourth-order valence-electron chi connectivity index (χ4n) is 2.25. The lowest BCUT2D eigenvalue weighted by Gasteiger charge is -2.17. The van der Waals surface area contributed by atoms with Crippen molar-refractivity contribution in [3.63, 3.8) is 0 Å². The lowest BCUT2D eigenvalue weighted by atomic mass is 10.3. The monoisotopic (exact) mass is 305 g/mol. The molecule has 1 aliphatic heterocycles. The van der Waals surface area contributed by atoms with Gasteiger partial charge in [0.2, 0.25) is 0 Å². The highest BCUT2D eigenvalue weighted by Gasteiger charge is 2.31. The zero-order chi connectivity index (χ0) is 14.0. The maximum absolute atomic E-state index is 12.3. The molecule has 1 aromatic heterocycles. The fraction of sp³-hybridized carbons (Fsp3) is 0.727. The highest BCUT2D eigenvalue weighted by atomic mass is 32.2. The van der Waals surface area contributed by atoms with Crippen molar-refractivity contribution in [2.75, 3.05) is 36.6 Å². The van der Waals surface area contributed by atoms with Crippen LogP contribution in [0.15, 0.2) is 4.90 Å². The van der Waals surface area contributed by atoms with Crippen LogP contribution in [0.5, 0.6) is 0 Å². The molecule has 19 heavy (non-hydrogen) atoms. The van der Waals surface area contributed by atoms with E-state index in [4.69, 9.17) is 10.5 Å². The molecule has 0 spiro atoms. The Morgan fingerprint density at radius 3 is 2.89 bits per heavy atom. The van der Waals surface area contributed by atoms with E-state index in [-0.39, 0.29) is 22.6 Å². The summed E-state index contributed by atoms with van der Waals surface area (Å²) >= 11 is 1.15. The number of rotatable bonds is 5. The third kappa shape index (κ3) is 2.85. The number of nitrogens with two attached hydrogens (primary N) is 1. The first-order chi connectivity index (χ1) is 8.99. The molecule has 6 nitrogen and oxygen atoms in total. The molecular formula is C11H19N3O3S2.